The Morgan fingerprint density at radius 1 is 1.00 bits per heavy atom. The molecule has 0 fully saturated rings. The minimum absolute atomic E-state index is 0.0919. The molecule has 0 saturated carbocycles. The summed E-state index contributed by atoms with van der Waals surface area (Å²) in [7, 11) is 5.55. The van der Waals surface area contributed by atoms with Crippen LogP contribution >= 0.6 is 0 Å². The van der Waals surface area contributed by atoms with Crippen LogP contribution in [0.3, 0.4) is 0 Å². The number of carbonyl (C=O) groups excluding carboxylic acids is 1. The molecule has 0 spiro atoms. The Bertz CT molecular complexity index is 887. The number of benzene rings is 2. The van der Waals surface area contributed by atoms with E-state index in [-0.39, 0.29) is 11.9 Å². The number of carbonyl (C=O) groups is 1. The molecule has 0 bridgehead atoms. The summed E-state index contributed by atoms with van der Waals surface area (Å²) in [6, 6.07) is 20.0. The summed E-state index contributed by atoms with van der Waals surface area (Å²) in [6.45, 7) is 2.57. The van der Waals surface area contributed by atoms with Gasteiger partial charge in [0, 0.05) is 38.0 Å². The number of likely N-dealkylation sites (N-methyl/N-ethyl adjacent to an activating group) is 2. The van der Waals surface area contributed by atoms with Crippen LogP contribution in [0.25, 0.3) is 16.9 Å². The van der Waals surface area contributed by atoms with Crippen LogP contribution in [0, 0.1) is 0 Å². The molecule has 1 atom stereocenters. The first-order valence-electron chi connectivity index (χ1n) is 9.08. The SMILES string of the molecule is C[C@H](C(=O)N(C)C)N(C)Cc1cn(-c2ccccc2)nc1-c1ccccc1. The molecule has 0 unspecified atom stereocenters. The van der Waals surface area contributed by atoms with Crippen LogP contribution in [0.5, 0.6) is 0 Å². The van der Waals surface area contributed by atoms with Crippen LogP contribution in [-0.2, 0) is 11.3 Å². The van der Waals surface area contributed by atoms with Crippen molar-refractivity contribution in [3.05, 3.63) is 72.4 Å². The van der Waals surface area contributed by atoms with Gasteiger partial charge in [-0.2, -0.15) is 5.10 Å². The monoisotopic (exact) mass is 362 g/mol. The molecule has 3 aromatic rings. The lowest BCUT2D eigenvalue weighted by Gasteiger charge is -2.26. The number of amides is 1. The third-order valence-electron chi connectivity index (χ3n) is 4.74. The predicted octanol–water partition coefficient (Wildman–Crippen LogP) is 3.45. The highest BCUT2D eigenvalue weighted by Crippen LogP contribution is 2.25. The molecule has 1 aromatic heterocycles. The van der Waals surface area contributed by atoms with E-state index in [1.807, 2.05) is 67.2 Å². The van der Waals surface area contributed by atoms with Gasteiger partial charge in [-0.1, -0.05) is 48.5 Å². The smallest absolute Gasteiger partial charge is 0.239 e. The fraction of sp³-hybridized carbons (Fsp3) is 0.273. The van der Waals surface area contributed by atoms with E-state index in [0.717, 1.165) is 22.5 Å². The molecule has 0 saturated heterocycles. The zero-order valence-electron chi connectivity index (χ0n) is 16.3. The van der Waals surface area contributed by atoms with Crippen molar-refractivity contribution in [2.75, 3.05) is 21.1 Å². The molecule has 1 heterocycles. The third kappa shape index (κ3) is 4.26. The number of nitrogens with zero attached hydrogens (tertiary/aromatic N) is 4. The van der Waals surface area contributed by atoms with Gasteiger partial charge >= 0.3 is 0 Å². The number of hydrogen-bond acceptors (Lipinski definition) is 3. The quantitative estimate of drug-likeness (QED) is 0.674. The zero-order valence-corrected chi connectivity index (χ0v) is 16.3. The largest absolute Gasteiger partial charge is 0.347 e. The topological polar surface area (TPSA) is 41.4 Å². The van der Waals surface area contributed by atoms with Gasteiger partial charge in [0.1, 0.15) is 0 Å². The van der Waals surface area contributed by atoms with Gasteiger partial charge in [0.15, 0.2) is 0 Å². The normalized spacial score (nSPS) is 12.2. The number of aromatic nitrogens is 2. The summed E-state index contributed by atoms with van der Waals surface area (Å²) in [5.41, 5.74) is 4.12. The summed E-state index contributed by atoms with van der Waals surface area (Å²) >= 11 is 0. The van der Waals surface area contributed by atoms with E-state index in [2.05, 4.69) is 23.2 Å². The molecule has 2 aromatic carbocycles. The molecule has 0 radical (unpaired) electrons. The Balaban J connectivity index is 1.95. The highest BCUT2D eigenvalue weighted by molar-refractivity contribution is 5.80. The Kier molecular flexibility index (Phi) is 5.72. The van der Waals surface area contributed by atoms with Crippen LogP contribution < -0.4 is 0 Å². The molecule has 5 nitrogen and oxygen atoms in total. The molecule has 0 aliphatic rings. The van der Waals surface area contributed by atoms with Gasteiger partial charge in [-0.15, -0.1) is 0 Å². The molecular formula is C22H26N4O. The van der Waals surface area contributed by atoms with E-state index >= 15 is 0 Å². The molecule has 3 rings (SSSR count). The van der Waals surface area contributed by atoms with E-state index in [9.17, 15) is 4.79 Å². The van der Waals surface area contributed by atoms with Crippen LogP contribution in [-0.4, -0.2) is 52.7 Å². The first-order valence-corrected chi connectivity index (χ1v) is 9.08. The van der Waals surface area contributed by atoms with Crippen molar-refractivity contribution < 1.29 is 4.79 Å². The van der Waals surface area contributed by atoms with Crippen molar-refractivity contribution in [3.8, 4) is 16.9 Å². The second-order valence-electron chi connectivity index (χ2n) is 6.97. The molecule has 27 heavy (non-hydrogen) atoms. The van der Waals surface area contributed by atoms with Crippen LogP contribution in [0.15, 0.2) is 66.9 Å². The standard InChI is InChI=1S/C22H26N4O/c1-17(22(27)24(2)3)25(4)15-19-16-26(20-13-9-6-10-14-20)23-21(19)18-11-7-5-8-12-18/h5-14,16-17H,15H2,1-4H3/t17-/m1/s1. The minimum atomic E-state index is -0.205. The van der Waals surface area contributed by atoms with Crippen molar-refractivity contribution in [1.82, 2.24) is 19.6 Å². The summed E-state index contributed by atoms with van der Waals surface area (Å²) in [5.74, 6) is 0.0919. The lowest BCUT2D eigenvalue weighted by atomic mass is 10.1. The summed E-state index contributed by atoms with van der Waals surface area (Å²) in [6.07, 6.45) is 2.06. The van der Waals surface area contributed by atoms with E-state index in [1.54, 1.807) is 19.0 Å². The van der Waals surface area contributed by atoms with E-state index in [1.165, 1.54) is 0 Å². The molecule has 5 heteroatoms. The van der Waals surface area contributed by atoms with Gasteiger partial charge in [0.25, 0.3) is 0 Å². The lowest BCUT2D eigenvalue weighted by Crippen LogP contribution is -2.42. The first kappa shape index (κ1) is 18.9. The number of hydrogen-bond donors (Lipinski definition) is 0. The van der Waals surface area contributed by atoms with Gasteiger partial charge in [0.2, 0.25) is 5.91 Å². The van der Waals surface area contributed by atoms with Crippen molar-refractivity contribution in [2.45, 2.75) is 19.5 Å². The first-order chi connectivity index (χ1) is 13.0. The molecule has 0 aliphatic carbocycles. The Morgan fingerprint density at radius 2 is 1.59 bits per heavy atom. The van der Waals surface area contributed by atoms with Gasteiger partial charge in [0.05, 0.1) is 17.4 Å². The maximum absolute atomic E-state index is 12.3. The third-order valence-corrected chi connectivity index (χ3v) is 4.74. The van der Waals surface area contributed by atoms with Crippen molar-refractivity contribution in [1.29, 1.82) is 0 Å². The fourth-order valence-electron chi connectivity index (χ4n) is 3.05. The second-order valence-corrected chi connectivity index (χ2v) is 6.97. The van der Waals surface area contributed by atoms with Crippen LogP contribution in [0.1, 0.15) is 12.5 Å². The Morgan fingerprint density at radius 3 is 2.19 bits per heavy atom. The number of para-hydroxylation sites is 1. The number of rotatable bonds is 6. The van der Waals surface area contributed by atoms with Gasteiger partial charge in [-0.3, -0.25) is 9.69 Å². The Hall–Kier alpha value is -2.92. The maximum Gasteiger partial charge on any atom is 0.239 e. The van der Waals surface area contributed by atoms with E-state index < -0.39 is 0 Å². The average molecular weight is 362 g/mol. The molecule has 140 valence electrons. The summed E-state index contributed by atoms with van der Waals surface area (Å²) in [4.78, 5) is 16.0. The molecule has 0 N–H and O–H groups in total. The summed E-state index contributed by atoms with van der Waals surface area (Å²) in [5, 5.41) is 4.84. The lowest BCUT2D eigenvalue weighted by molar-refractivity contribution is -0.133. The highest BCUT2D eigenvalue weighted by atomic mass is 16.2. The predicted molar refractivity (Wildman–Crippen MR) is 109 cm³/mol. The fourth-order valence-corrected chi connectivity index (χ4v) is 3.05. The van der Waals surface area contributed by atoms with Gasteiger partial charge in [-0.25, -0.2) is 4.68 Å². The van der Waals surface area contributed by atoms with Crippen molar-refractivity contribution in [3.63, 3.8) is 0 Å². The molecular weight excluding hydrogens is 336 g/mol. The van der Waals surface area contributed by atoms with Crippen molar-refractivity contribution >= 4 is 5.91 Å². The highest BCUT2D eigenvalue weighted by Gasteiger charge is 2.22. The zero-order chi connectivity index (χ0) is 19.4. The van der Waals surface area contributed by atoms with E-state index in [4.69, 9.17) is 5.10 Å². The van der Waals surface area contributed by atoms with Crippen LogP contribution in [0.2, 0.25) is 0 Å². The van der Waals surface area contributed by atoms with Crippen molar-refractivity contribution in [2.24, 2.45) is 0 Å². The van der Waals surface area contributed by atoms with Gasteiger partial charge in [-0.05, 0) is 26.1 Å². The van der Waals surface area contributed by atoms with Gasteiger partial charge < -0.3 is 4.90 Å². The molecule has 1 amide bonds. The Labute approximate surface area is 160 Å². The summed E-state index contributed by atoms with van der Waals surface area (Å²) < 4.78 is 1.91. The average Bonchev–Trinajstić information content (AvgIpc) is 3.11. The van der Waals surface area contributed by atoms with Crippen LogP contribution in [0.4, 0.5) is 0 Å². The minimum Gasteiger partial charge on any atom is -0.347 e. The van der Waals surface area contributed by atoms with E-state index in [0.29, 0.717) is 6.54 Å². The maximum atomic E-state index is 12.3. The second kappa shape index (κ2) is 8.18. The molecule has 0 aliphatic heterocycles.